The molecule has 0 aromatic heterocycles. The molecule has 45 valence electrons. The van der Waals surface area contributed by atoms with Gasteiger partial charge in [0, 0.05) is 12.1 Å². The zero-order valence-corrected chi connectivity index (χ0v) is 4.73. The van der Waals surface area contributed by atoms with Crippen molar-refractivity contribution < 1.29 is 9.53 Å². The van der Waals surface area contributed by atoms with E-state index in [0.29, 0.717) is 0 Å². The summed E-state index contributed by atoms with van der Waals surface area (Å²) in [6.07, 6.45) is 0. The molecule has 0 aliphatic carbocycles. The molecule has 3 heteroatoms. The smallest absolute Gasteiger partial charge is 0.334 e. The topological polar surface area (TPSA) is 50.1 Å². The Bertz CT molecular complexity index is 95.0. The van der Waals surface area contributed by atoms with E-state index in [0.717, 1.165) is 0 Å². The normalized spacial score (nSPS) is 8.25. The number of esters is 1. The third-order valence-corrected chi connectivity index (χ3v) is 0.687. The molecule has 0 rings (SSSR count). The number of hydrogen-bond donors (Lipinski definition) is 0. The number of rotatable bonds is 2. The molecule has 3 nitrogen and oxygen atoms in total. The fraction of sp³-hybridized carbons (Fsp3) is 0.400. The number of carbonyl (C=O) groups excluding carboxylic acids is 1. The molecule has 0 aromatic carbocycles. The Morgan fingerprint density at radius 3 is 2.50 bits per heavy atom. The molecule has 0 amide bonds. The average Bonchev–Trinajstić information content (AvgIpc) is 1.84. The quantitative estimate of drug-likeness (QED) is 0.374. The van der Waals surface area contributed by atoms with Crippen LogP contribution < -0.4 is 5.73 Å². The van der Waals surface area contributed by atoms with Gasteiger partial charge in [-0.05, 0) is 0 Å². The van der Waals surface area contributed by atoms with E-state index < -0.39 is 5.97 Å². The van der Waals surface area contributed by atoms with Crippen LogP contribution in [0.2, 0.25) is 0 Å². The van der Waals surface area contributed by atoms with Crippen LogP contribution in [0.25, 0.3) is 0 Å². The second-order valence-electron chi connectivity index (χ2n) is 1.27. The molecule has 1 N–H and O–H groups in total. The van der Waals surface area contributed by atoms with E-state index in [4.69, 9.17) is 5.73 Å². The van der Waals surface area contributed by atoms with E-state index in [2.05, 4.69) is 11.3 Å². The van der Waals surface area contributed by atoms with E-state index in [-0.39, 0.29) is 12.1 Å². The predicted molar refractivity (Wildman–Crippen MR) is 29.1 cm³/mol. The molecule has 1 radical (unpaired) electrons. The van der Waals surface area contributed by atoms with Gasteiger partial charge in [0.05, 0.1) is 7.11 Å². The summed E-state index contributed by atoms with van der Waals surface area (Å²) in [5.41, 5.74) is 6.83. The van der Waals surface area contributed by atoms with Crippen molar-refractivity contribution in [2.75, 3.05) is 13.7 Å². The maximum Gasteiger partial charge on any atom is 0.334 e. The minimum Gasteiger partial charge on any atom is -0.466 e. The van der Waals surface area contributed by atoms with Crippen LogP contribution >= 0.6 is 0 Å². The van der Waals surface area contributed by atoms with Crippen molar-refractivity contribution in [1.29, 1.82) is 0 Å². The lowest BCUT2D eigenvalue weighted by atomic mass is 10.3. The van der Waals surface area contributed by atoms with Gasteiger partial charge < -0.3 is 4.74 Å². The molecule has 0 aliphatic heterocycles. The first-order valence-electron chi connectivity index (χ1n) is 2.13. The zero-order valence-electron chi connectivity index (χ0n) is 4.73. The fourth-order valence-corrected chi connectivity index (χ4v) is 0.217. The van der Waals surface area contributed by atoms with Crippen molar-refractivity contribution in [1.82, 2.24) is 5.73 Å². The summed E-state index contributed by atoms with van der Waals surface area (Å²) in [6.45, 7) is 3.19. The van der Waals surface area contributed by atoms with Gasteiger partial charge in [-0.25, -0.2) is 4.79 Å². The maximum absolute atomic E-state index is 10.3. The van der Waals surface area contributed by atoms with Crippen LogP contribution in [0.4, 0.5) is 0 Å². The third-order valence-electron chi connectivity index (χ3n) is 0.687. The van der Waals surface area contributed by atoms with E-state index >= 15 is 0 Å². The summed E-state index contributed by atoms with van der Waals surface area (Å²) in [5.74, 6) is -0.500. The van der Waals surface area contributed by atoms with Crippen LogP contribution in [0.5, 0.6) is 0 Å². The highest BCUT2D eigenvalue weighted by molar-refractivity contribution is 5.87. The van der Waals surface area contributed by atoms with E-state index in [1.165, 1.54) is 7.11 Å². The highest BCUT2D eigenvalue weighted by Crippen LogP contribution is 1.88. The number of methoxy groups -OCH3 is 1. The average molecular weight is 114 g/mol. The summed E-state index contributed by atoms with van der Waals surface area (Å²) < 4.78 is 4.24. The van der Waals surface area contributed by atoms with Crippen LogP contribution in [0, 0.1) is 0 Å². The molecule has 0 saturated carbocycles. The summed E-state index contributed by atoms with van der Waals surface area (Å²) in [6, 6.07) is 0. The second kappa shape index (κ2) is 3.21. The van der Waals surface area contributed by atoms with E-state index in [1.807, 2.05) is 0 Å². The van der Waals surface area contributed by atoms with Gasteiger partial charge in [-0.1, -0.05) is 6.58 Å². The Kier molecular flexibility index (Phi) is 2.88. The molecule has 0 spiro atoms. The molecule has 0 atom stereocenters. The Labute approximate surface area is 48.1 Å². The highest BCUT2D eigenvalue weighted by atomic mass is 16.5. The lowest BCUT2D eigenvalue weighted by Crippen LogP contribution is -2.07. The molecule has 0 heterocycles. The molecule has 0 fully saturated rings. The van der Waals surface area contributed by atoms with Gasteiger partial charge in [0.25, 0.3) is 0 Å². The molecule has 0 aliphatic rings. The molecule has 0 bridgehead atoms. The number of nitrogens with one attached hydrogen (secondary N) is 1. The van der Waals surface area contributed by atoms with Crippen LogP contribution in [-0.4, -0.2) is 19.6 Å². The van der Waals surface area contributed by atoms with Crippen LogP contribution in [0.1, 0.15) is 0 Å². The Hall–Kier alpha value is -0.830. The first-order chi connectivity index (χ1) is 3.72. The number of carbonyl (C=O) groups is 1. The summed E-state index contributed by atoms with van der Waals surface area (Å²) >= 11 is 0. The highest BCUT2D eigenvalue weighted by Gasteiger charge is 2.01. The first-order valence-corrected chi connectivity index (χ1v) is 2.13. The Morgan fingerprint density at radius 1 is 1.88 bits per heavy atom. The van der Waals surface area contributed by atoms with Gasteiger partial charge >= 0.3 is 5.97 Å². The summed E-state index contributed by atoms with van der Waals surface area (Å²) in [5, 5.41) is 0. The molecule has 0 unspecified atom stereocenters. The monoisotopic (exact) mass is 114 g/mol. The number of ether oxygens (including phenoxy) is 1. The molecular formula is C5H8NO2. The van der Waals surface area contributed by atoms with Crippen molar-refractivity contribution in [3.63, 3.8) is 0 Å². The SMILES string of the molecule is C=C(C[NH])C(=O)OC. The van der Waals surface area contributed by atoms with Crippen LogP contribution in [0.15, 0.2) is 12.2 Å². The van der Waals surface area contributed by atoms with Gasteiger partial charge in [-0.3, -0.25) is 5.73 Å². The first kappa shape index (κ1) is 7.17. The largest absolute Gasteiger partial charge is 0.466 e. The van der Waals surface area contributed by atoms with Crippen LogP contribution in [0.3, 0.4) is 0 Å². The van der Waals surface area contributed by atoms with Crippen LogP contribution in [-0.2, 0) is 9.53 Å². The molecule has 0 aromatic rings. The Morgan fingerprint density at radius 2 is 2.38 bits per heavy atom. The van der Waals surface area contributed by atoms with Gasteiger partial charge in [-0.15, -0.1) is 0 Å². The Balaban J connectivity index is 3.64. The maximum atomic E-state index is 10.3. The van der Waals surface area contributed by atoms with Crippen molar-refractivity contribution in [3.8, 4) is 0 Å². The predicted octanol–water partition coefficient (Wildman–Crippen LogP) is -0.00150. The summed E-state index contributed by atoms with van der Waals surface area (Å²) in [4.78, 5) is 10.3. The van der Waals surface area contributed by atoms with E-state index in [9.17, 15) is 4.79 Å². The zero-order chi connectivity index (χ0) is 6.57. The minimum absolute atomic E-state index is 0.0906. The van der Waals surface area contributed by atoms with Gasteiger partial charge in [0.15, 0.2) is 0 Å². The lowest BCUT2D eigenvalue weighted by Gasteiger charge is -1.95. The second-order valence-corrected chi connectivity index (χ2v) is 1.27. The van der Waals surface area contributed by atoms with Crippen molar-refractivity contribution in [3.05, 3.63) is 12.2 Å². The van der Waals surface area contributed by atoms with E-state index in [1.54, 1.807) is 0 Å². The van der Waals surface area contributed by atoms with Crippen molar-refractivity contribution in [2.24, 2.45) is 0 Å². The van der Waals surface area contributed by atoms with Crippen molar-refractivity contribution in [2.45, 2.75) is 0 Å². The standard InChI is InChI=1S/C5H8NO2/c1-4(3-6)5(7)8-2/h6H,1,3H2,2H3. The van der Waals surface area contributed by atoms with Gasteiger partial charge in [-0.2, -0.15) is 0 Å². The molecular weight excluding hydrogens is 106 g/mol. The number of hydrogen-bond acceptors (Lipinski definition) is 2. The fourth-order valence-electron chi connectivity index (χ4n) is 0.217. The molecule has 8 heavy (non-hydrogen) atoms. The summed E-state index contributed by atoms with van der Waals surface area (Å²) in [7, 11) is 1.27. The minimum atomic E-state index is -0.500. The molecule has 0 saturated heterocycles. The van der Waals surface area contributed by atoms with Crippen molar-refractivity contribution >= 4 is 5.97 Å². The third kappa shape index (κ3) is 1.75. The van der Waals surface area contributed by atoms with Gasteiger partial charge in [0.2, 0.25) is 0 Å². The lowest BCUT2D eigenvalue weighted by molar-refractivity contribution is -0.136. The van der Waals surface area contributed by atoms with Gasteiger partial charge in [0.1, 0.15) is 0 Å².